The number of likely N-dealkylation sites (tertiary alicyclic amines) is 1. The lowest BCUT2D eigenvalue weighted by Gasteiger charge is -2.12. The smallest absolute Gasteiger partial charge is 0.229 e. The highest BCUT2D eigenvalue weighted by atomic mass is 16.2. The van der Waals surface area contributed by atoms with Crippen molar-refractivity contribution >= 4 is 11.8 Å². The lowest BCUT2D eigenvalue weighted by atomic mass is 10.4. The van der Waals surface area contributed by atoms with Crippen LogP contribution in [0.3, 0.4) is 0 Å². The first-order chi connectivity index (χ1) is 9.72. The SMILES string of the molecule is O=C1CCC(=O)N1CCn1cc(CNCC2CC2)nn1. The van der Waals surface area contributed by atoms with E-state index in [1.807, 2.05) is 6.20 Å². The molecule has 1 saturated heterocycles. The van der Waals surface area contributed by atoms with Crippen LogP contribution in [0.15, 0.2) is 6.20 Å². The predicted octanol–water partition coefficient (Wildman–Crippen LogP) is -0.0733. The molecule has 1 aliphatic carbocycles. The molecule has 1 N–H and O–H groups in total. The molecule has 7 nitrogen and oxygen atoms in total. The Kier molecular flexibility index (Phi) is 3.77. The lowest BCUT2D eigenvalue weighted by Crippen LogP contribution is -2.32. The number of hydrogen-bond donors (Lipinski definition) is 1. The molecule has 2 heterocycles. The van der Waals surface area contributed by atoms with Crippen LogP contribution in [0.1, 0.15) is 31.4 Å². The van der Waals surface area contributed by atoms with Crippen LogP contribution in [0.25, 0.3) is 0 Å². The molecule has 0 unspecified atom stereocenters. The Balaban J connectivity index is 1.44. The molecule has 108 valence electrons. The van der Waals surface area contributed by atoms with Crippen LogP contribution in [-0.2, 0) is 22.7 Å². The summed E-state index contributed by atoms with van der Waals surface area (Å²) < 4.78 is 1.69. The Morgan fingerprint density at radius 1 is 1.20 bits per heavy atom. The summed E-state index contributed by atoms with van der Waals surface area (Å²) in [6.07, 6.45) is 5.21. The molecule has 7 heteroatoms. The second-order valence-electron chi connectivity index (χ2n) is 5.49. The molecule has 0 atom stereocenters. The topological polar surface area (TPSA) is 80.1 Å². The van der Waals surface area contributed by atoms with Gasteiger partial charge in [0.15, 0.2) is 0 Å². The zero-order valence-corrected chi connectivity index (χ0v) is 11.4. The van der Waals surface area contributed by atoms with Gasteiger partial charge in [0.1, 0.15) is 0 Å². The van der Waals surface area contributed by atoms with E-state index in [4.69, 9.17) is 0 Å². The Morgan fingerprint density at radius 2 is 1.95 bits per heavy atom. The number of hydrogen-bond acceptors (Lipinski definition) is 5. The van der Waals surface area contributed by atoms with E-state index in [1.54, 1.807) is 4.68 Å². The van der Waals surface area contributed by atoms with Crippen molar-refractivity contribution in [2.24, 2.45) is 5.92 Å². The minimum atomic E-state index is -0.0820. The van der Waals surface area contributed by atoms with Gasteiger partial charge in [-0.05, 0) is 25.3 Å². The van der Waals surface area contributed by atoms with E-state index >= 15 is 0 Å². The minimum absolute atomic E-state index is 0.0820. The average Bonchev–Trinajstić information content (AvgIpc) is 3.05. The molecule has 0 bridgehead atoms. The number of aromatic nitrogens is 3. The van der Waals surface area contributed by atoms with Crippen molar-refractivity contribution in [1.82, 2.24) is 25.2 Å². The van der Waals surface area contributed by atoms with Crippen molar-refractivity contribution in [2.75, 3.05) is 13.1 Å². The van der Waals surface area contributed by atoms with Gasteiger partial charge in [-0.2, -0.15) is 0 Å². The van der Waals surface area contributed by atoms with Crippen LogP contribution in [-0.4, -0.2) is 44.8 Å². The largest absolute Gasteiger partial charge is 0.311 e. The van der Waals surface area contributed by atoms with Gasteiger partial charge in [-0.25, -0.2) is 0 Å². The quantitative estimate of drug-likeness (QED) is 0.706. The number of nitrogens with zero attached hydrogens (tertiary/aromatic N) is 4. The molecule has 3 rings (SSSR count). The molecule has 2 aliphatic rings. The van der Waals surface area contributed by atoms with Crippen molar-refractivity contribution in [1.29, 1.82) is 0 Å². The molecule has 1 aromatic heterocycles. The van der Waals surface area contributed by atoms with Gasteiger partial charge in [-0.3, -0.25) is 19.2 Å². The third-order valence-electron chi connectivity index (χ3n) is 3.73. The standard InChI is InChI=1S/C13H19N5O2/c19-12-3-4-13(20)18(12)6-5-17-9-11(15-16-17)8-14-7-10-1-2-10/h9-10,14H,1-8H2. The van der Waals surface area contributed by atoms with Crippen molar-refractivity contribution in [3.05, 3.63) is 11.9 Å². The maximum Gasteiger partial charge on any atom is 0.229 e. The summed E-state index contributed by atoms with van der Waals surface area (Å²) in [6, 6.07) is 0. The average molecular weight is 277 g/mol. The maximum atomic E-state index is 11.5. The Hall–Kier alpha value is -1.76. The maximum absolute atomic E-state index is 11.5. The fourth-order valence-corrected chi connectivity index (χ4v) is 2.33. The molecule has 1 saturated carbocycles. The van der Waals surface area contributed by atoms with E-state index in [0.29, 0.717) is 25.9 Å². The lowest BCUT2D eigenvalue weighted by molar-refractivity contribution is -0.138. The first-order valence-corrected chi connectivity index (χ1v) is 7.15. The monoisotopic (exact) mass is 277 g/mol. The highest BCUT2D eigenvalue weighted by Crippen LogP contribution is 2.27. The number of amides is 2. The summed E-state index contributed by atoms with van der Waals surface area (Å²) in [6.45, 7) is 2.66. The molecule has 2 fully saturated rings. The highest BCUT2D eigenvalue weighted by Gasteiger charge is 2.28. The van der Waals surface area contributed by atoms with Gasteiger partial charge in [0.25, 0.3) is 0 Å². The van der Waals surface area contributed by atoms with E-state index in [9.17, 15) is 9.59 Å². The van der Waals surface area contributed by atoms with Crippen LogP contribution in [0.5, 0.6) is 0 Å². The summed E-state index contributed by atoms with van der Waals surface area (Å²) >= 11 is 0. The Morgan fingerprint density at radius 3 is 2.65 bits per heavy atom. The second-order valence-corrected chi connectivity index (χ2v) is 5.49. The van der Waals surface area contributed by atoms with Gasteiger partial charge in [-0.1, -0.05) is 5.21 Å². The van der Waals surface area contributed by atoms with Crippen LogP contribution in [0, 0.1) is 5.92 Å². The molecule has 1 aliphatic heterocycles. The number of nitrogens with one attached hydrogen (secondary N) is 1. The zero-order chi connectivity index (χ0) is 13.9. The fourth-order valence-electron chi connectivity index (χ4n) is 2.33. The van der Waals surface area contributed by atoms with E-state index < -0.39 is 0 Å². The zero-order valence-electron chi connectivity index (χ0n) is 11.4. The third-order valence-corrected chi connectivity index (χ3v) is 3.73. The van der Waals surface area contributed by atoms with E-state index in [1.165, 1.54) is 17.7 Å². The van der Waals surface area contributed by atoms with Gasteiger partial charge < -0.3 is 5.32 Å². The summed E-state index contributed by atoms with van der Waals surface area (Å²) in [5.74, 6) is 0.681. The minimum Gasteiger partial charge on any atom is -0.311 e. The third kappa shape index (κ3) is 3.22. The molecular formula is C13H19N5O2. The predicted molar refractivity (Wildman–Crippen MR) is 70.4 cm³/mol. The molecular weight excluding hydrogens is 258 g/mol. The number of carbonyl (C=O) groups excluding carboxylic acids is 2. The Bertz CT molecular complexity index is 493. The molecule has 20 heavy (non-hydrogen) atoms. The highest BCUT2D eigenvalue weighted by molar-refractivity contribution is 6.01. The van der Waals surface area contributed by atoms with Gasteiger partial charge in [-0.15, -0.1) is 5.10 Å². The number of carbonyl (C=O) groups is 2. The fraction of sp³-hybridized carbons (Fsp3) is 0.692. The van der Waals surface area contributed by atoms with Crippen LogP contribution in [0.2, 0.25) is 0 Å². The van der Waals surface area contributed by atoms with E-state index in [-0.39, 0.29) is 11.8 Å². The molecule has 0 aromatic carbocycles. The molecule has 1 aromatic rings. The van der Waals surface area contributed by atoms with Crippen molar-refractivity contribution in [3.8, 4) is 0 Å². The van der Waals surface area contributed by atoms with Crippen LogP contribution >= 0.6 is 0 Å². The van der Waals surface area contributed by atoms with Crippen molar-refractivity contribution < 1.29 is 9.59 Å². The first-order valence-electron chi connectivity index (χ1n) is 7.15. The van der Waals surface area contributed by atoms with E-state index in [2.05, 4.69) is 15.6 Å². The summed E-state index contributed by atoms with van der Waals surface area (Å²) in [5, 5.41) is 11.5. The number of rotatable bonds is 7. The van der Waals surface area contributed by atoms with Crippen molar-refractivity contribution in [3.63, 3.8) is 0 Å². The molecule has 2 amide bonds. The number of imide groups is 1. The van der Waals surface area contributed by atoms with Crippen LogP contribution < -0.4 is 5.32 Å². The normalized spacial score (nSPS) is 19.1. The summed E-state index contributed by atoms with van der Waals surface area (Å²) in [4.78, 5) is 24.3. The summed E-state index contributed by atoms with van der Waals surface area (Å²) in [5.41, 5.74) is 0.893. The van der Waals surface area contributed by atoms with Crippen LogP contribution in [0.4, 0.5) is 0 Å². The van der Waals surface area contributed by atoms with Gasteiger partial charge in [0.2, 0.25) is 11.8 Å². The molecule has 0 spiro atoms. The Labute approximate surface area is 117 Å². The van der Waals surface area contributed by atoms with Gasteiger partial charge in [0.05, 0.1) is 12.2 Å². The van der Waals surface area contributed by atoms with Crippen molar-refractivity contribution in [2.45, 2.75) is 38.8 Å². The second kappa shape index (κ2) is 5.70. The van der Waals surface area contributed by atoms with Gasteiger partial charge in [0, 0.05) is 32.1 Å². The molecule has 0 radical (unpaired) electrons. The first kappa shape index (κ1) is 13.2. The van der Waals surface area contributed by atoms with Gasteiger partial charge >= 0.3 is 0 Å². The summed E-state index contributed by atoms with van der Waals surface area (Å²) in [7, 11) is 0. The van der Waals surface area contributed by atoms with E-state index in [0.717, 1.165) is 24.7 Å².